The Morgan fingerprint density at radius 2 is 1.58 bits per heavy atom. The topological polar surface area (TPSA) is 136 Å². The van der Waals surface area contributed by atoms with Crippen molar-refractivity contribution in [2.24, 2.45) is 0 Å². The average molecular weight is 494 g/mol. The Kier molecular flexibility index (Phi) is 6.58. The molecule has 0 saturated carbocycles. The molecule has 1 atom stereocenters. The van der Waals surface area contributed by atoms with Crippen molar-refractivity contribution in [2.45, 2.75) is 30.4 Å². The van der Waals surface area contributed by atoms with Crippen LogP contribution in [0, 0.1) is 0 Å². The van der Waals surface area contributed by atoms with Crippen LogP contribution in [0.5, 0.6) is 5.75 Å². The lowest BCUT2D eigenvalue weighted by atomic mass is 9.91. The Bertz CT molecular complexity index is 1360. The van der Waals surface area contributed by atoms with Crippen molar-refractivity contribution in [3.8, 4) is 5.75 Å². The molecule has 176 valence electrons. The summed E-state index contributed by atoms with van der Waals surface area (Å²) >= 11 is 6.02. The highest BCUT2D eigenvalue weighted by Gasteiger charge is 2.33. The molecule has 33 heavy (non-hydrogen) atoms. The van der Waals surface area contributed by atoms with Crippen LogP contribution in [0.15, 0.2) is 56.9 Å². The molecule has 0 spiro atoms. The Morgan fingerprint density at radius 1 is 1.00 bits per heavy atom. The monoisotopic (exact) mass is 493 g/mol. The first-order valence-electron chi connectivity index (χ1n) is 9.85. The number of aromatic hydroxyl groups is 1. The predicted molar refractivity (Wildman–Crippen MR) is 128 cm³/mol. The maximum absolute atomic E-state index is 12.6. The second-order valence-corrected chi connectivity index (χ2v) is 10.7. The van der Waals surface area contributed by atoms with Gasteiger partial charge in [0.1, 0.15) is 16.3 Å². The summed E-state index contributed by atoms with van der Waals surface area (Å²) in [6.07, 6.45) is 0. The second-order valence-electron chi connectivity index (χ2n) is 8.24. The minimum Gasteiger partial charge on any atom is -0.504 e. The molecule has 0 saturated heterocycles. The van der Waals surface area contributed by atoms with Crippen LogP contribution in [0.1, 0.15) is 25.5 Å². The summed E-state index contributed by atoms with van der Waals surface area (Å²) in [7, 11) is -1.54. The lowest BCUT2D eigenvalue weighted by Crippen LogP contribution is -2.42. The molecule has 4 N–H and O–H groups in total. The van der Waals surface area contributed by atoms with Gasteiger partial charge in [0.15, 0.2) is 5.75 Å². The average Bonchev–Trinajstić information content (AvgIpc) is 2.73. The van der Waals surface area contributed by atoms with Crippen LogP contribution in [0.3, 0.4) is 0 Å². The number of hydrogen-bond donors (Lipinski definition) is 4. The van der Waals surface area contributed by atoms with E-state index in [1.165, 1.54) is 26.2 Å². The number of phenolic OH excluding ortho intramolecular Hbond substituents is 1. The van der Waals surface area contributed by atoms with Gasteiger partial charge in [-0.25, -0.2) is 12.7 Å². The molecule has 0 fully saturated rings. The van der Waals surface area contributed by atoms with E-state index in [0.29, 0.717) is 5.56 Å². The summed E-state index contributed by atoms with van der Waals surface area (Å²) in [5, 5.41) is 26.6. The Morgan fingerprint density at radius 3 is 2.12 bits per heavy atom. The summed E-state index contributed by atoms with van der Waals surface area (Å²) in [6.45, 7) is 3.11. The van der Waals surface area contributed by atoms with Crippen molar-refractivity contribution < 1.29 is 18.6 Å². The normalized spacial score (nSPS) is 13.3. The number of aliphatic hydroxyl groups is 1. The highest BCUT2D eigenvalue weighted by molar-refractivity contribution is 7.89. The van der Waals surface area contributed by atoms with Gasteiger partial charge < -0.3 is 20.8 Å². The number of nitrogens with zero attached hydrogens (tertiary/aromatic N) is 1. The number of hydrogen-bond acceptors (Lipinski definition) is 8. The van der Waals surface area contributed by atoms with Gasteiger partial charge in [0.05, 0.1) is 22.4 Å². The second kappa shape index (κ2) is 8.79. The molecular weight excluding hydrogens is 470 g/mol. The lowest BCUT2D eigenvalue weighted by Gasteiger charge is -2.32. The maximum Gasteiger partial charge on any atom is 0.253 e. The van der Waals surface area contributed by atoms with Gasteiger partial charge in [-0.05, 0) is 31.5 Å². The molecule has 0 unspecified atom stereocenters. The van der Waals surface area contributed by atoms with Crippen LogP contribution in [0.2, 0.25) is 5.02 Å². The van der Waals surface area contributed by atoms with E-state index in [9.17, 15) is 28.2 Å². The molecule has 11 heteroatoms. The van der Waals surface area contributed by atoms with Crippen LogP contribution >= 0.6 is 11.6 Å². The quantitative estimate of drug-likeness (QED) is 0.277. The zero-order valence-corrected chi connectivity index (χ0v) is 20.0. The molecule has 0 aliphatic carbocycles. The van der Waals surface area contributed by atoms with E-state index in [2.05, 4.69) is 10.6 Å². The van der Waals surface area contributed by atoms with Crippen molar-refractivity contribution in [3.05, 3.63) is 73.5 Å². The van der Waals surface area contributed by atoms with Crippen LogP contribution < -0.4 is 21.5 Å². The lowest BCUT2D eigenvalue weighted by molar-refractivity contribution is 0.0589. The Labute approximate surface area is 196 Å². The van der Waals surface area contributed by atoms with Gasteiger partial charge in [0.2, 0.25) is 10.0 Å². The zero-order chi connectivity index (χ0) is 24.7. The van der Waals surface area contributed by atoms with Crippen molar-refractivity contribution >= 4 is 38.7 Å². The van der Waals surface area contributed by atoms with Gasteiger partial charge in [-0.3, -0.25) is 9.59 Å². The third-order valence-electron chi connectivity index (χ3n) is 5.12. The molecular formula is C22H24ClN3O6S. The third-order valence-corrected chi connectivity index (χ3v) is 7.44. The van der Waals surface area contributed by atoms with Gasteiger partial charge >= 0.3 is 0 Å². The van der Waals surface area contributed by atoms with E-state index in [1.54, 1.807) is 44.2 Å². The highest BCUT2D eigenvalue weighted by atomic mass is 35.5. The standard InChI is InChI=1S/C22H24ClN3O6S/c1-22(2,30)21(12-8-6-5-7-9-12)25-16-15(18(28)19(16)29)24-14-11-10-13(23)20(17(14)27)33(31,32)26(3)4/h5-11,21,24-25,27,30H,1-4H3/t21-/m0/s1. The SMILES string of the molecule is CN(C)S(=O)(=O)c1c(Cl)ccc(Nc2c(N[C@@H](c3ccccc3)C(C)(C)O)c(=O)c2=O)c1O. The van der Waals surface area contributed by atoms with E-state index >= 15 is 0 Å². The molecule has 3 rings (SSSR count). The maximum atomic E-state index is 12.6. The smallest absolute Gasteiger partial charge is 0.253 e. The molecule has 0 aromatic heterocycles. The molecule has 0 radical (unpaired) electrons. The van der Waals surface area contributed by atoms with Crippen LogP contribution in [-0.4, -0.2) is 42.6 Å². The van der Waals surface area contributed by atoms with Crippen LogP contribution in [0.4, 0.5) is 17.1 Å². The van der Waals surface area contributed by atoms with Crippen LogP contribution in [-0.2, 0) is 10.0 Å². The first-order valence-corrected chi connectivity index (χ1v) is 11.7. The minimum absolute atomic E-state index is 0.0951. The number of phenols is 1. The fourth-order valence-corrected chi connectivity index (χ4v) is 4.80. The molecule has 0 aliphatic heterocycles. The Hall–Kier alpha value is -2.92. The van der Waals surface area contributed by atoms with E-state index in [4.69, 9.17) is 11.6 Å². The molecule has 3 aromatic carbocycles. The van der Waals surface area contributed by atoms with E-state index in [-0.39, 0.29) is 22.1 Å². The van der Waals surface area contributed by atoms with Crippen molar-refractivity contribution in [1.82, 2.24) is 4.31 Å². The van der Waals surface area contributed by atoms with Crippen molar-refractivity contribution in [2.75, 3.05) is 24.7 Å². The summed E-state index contributed by atoms with van der Waals surface area (Å²) in [4.78, 5) is 24.1. The number of benzene rings is 2. The summed E-state index contributed by atoms with van der Waals surface area (Å²) in [6, 6.07) is 10.7. The van der Waals surface area contributed by atoms with Gasteiger partial charge in [0, 0.05) is 14.1 Å². The van der Waals surface area contributed by atoms with Crippen molar-refractivity contribution in [3.63, 3.8) is 0 Å². The van der Waals surface area contributed by atoms with Crippen LogP contribution in [0.25, 0.3) is 0 Å². The largest absolute Gasteiger partial charge is 0.504 e. The molecule has 3 aromatic rings. The van der Waals surface area contributed by atoms with E-state index in [1.807, 2.05) is 0 Å². The van der Waals surface area contributed by atoms with Gasteiger partial charge in [-0.2, -0.15) is 0 Å². The number of anilines is 3. The van der Waals surface area contributed by atoms with Crippen molar-refractivity contribution in [1.29, 1.82) is 0 Å². The van der Waals surface area contributed by atoms with Gasteiger partial charge in [0.25, 0.3) is 10.9 Å². The summed E-state index contributed by atoms with van der Waals surface area (Å²) in [5.41, 5.74) is -2.69. The number of halogens is 1. The number of nitrogens with one attached hydrogen (secondary N) is 2. The third kappa shape index (κ3) is 4.60. The highest BCUT2D eigenvalue weighted by Crippen LogP contribution is 2.40. The van der Waals surface area contributed by atoms with E-state index in [0.717, 1.165) is 4.31 Å². The zero-order valence-electron chi connectivity index (χ0n) is 18.4. The fraction of sp³-hybridized carbons (Fsp3) is 0.273. The first kappa shape index (κ1) is 24.7. The Balaban J connectivity index is 2.03. The number of sulfonamides is 1. The molecule has 9 nitrogen and oxygen atoms in total. The molecule has 0 bridgehead atoms. The first-order chi connectivity index (χ1) is 15.3. The molecule has 0 amide bonds. The molecule has 0 heterocycles. The van der Waals surface area contributed by atoms with Gasteiger partial charge in [-0.1, -0.05) is 41.9 Å². The minimum atomic E-state index is -4.10. The van der Waals surface area contributed by atoms with Gasteiger partial charge in [-0.15, -0.1) is 0 Å². The fourth-order valence-electron chi connectivity index (χ4n) is 3.32. The predicted octanol–water partition coefficient (Wildman–Crippen LogP) is 2.56. The van der Waals surface area contributed by atoms with E-state index < -0.39 is 43.2 Å². The summed E-state index contributed by atoms with van der Waals surface area (Å²) < 4.78 is 26.0. The summed E-state index contributed by atoms with van der Waals surface area (Å²) in [5.74, 6) is -0.697. The molecule has 0 aliphatic rings. The number of rotatable bonds is 8.